The normalized spacial score (nSPS) is 16.7. The third-order valence-corrected chi connectivity index (χ3v) is 5.26. The third-order valence-electron chi connectivity index (χ3n) is 4.67. The van der Waals surface area contributed by atoms with Crippen LogP contribution in [0.2, 0.25) is 0 Å². The molecule has 0 atom stereocenters. The highest BCUT2D eigenvalue weighted by molar-refractivity contribution is 6.35. The summed E-state index contributed by atoms with van der Waals surface area (Å²) in [5.74, 6) is 0. The summed E-state index contributed by atoms with van der Waals surface area (Å²) in [4.78, 5) is 5.00. The molecule has 3 rings (SSSR count). The first-order chi connectivity index (χ1) is 12.4. The molecule has 134 valence electrons. The highest BCUT2D eigenvalue weighted by Crippen LogP contribution is 2.46. The molecule has 4 heteroatoms. The minimum Gasteiger partial charge on any atom is -0.352 e. The van der Waals surface area contributed by atoms with Gasteiger partial charge in [-0.05, 0) is 31.0 Å². The molecule has 0 aromatic heterocycles. The molecule has 1 aliphatic rings. The van der Waals surface area contributed by atoms with Gasteiger partial charge in [-0.2, -0.15) is 0 Å². The van der Waals surface area contributed by atoms with Crippen LogP contribution in [0.4, 0.5) is 11.4 Å². The zero-order valence-corrected chi connectivity index (χ0v) is 16.9. The molecule has 0 aliphatic carbocycles. The Morgan fingerprint density at radius 3 is 2.35 bits per heavy atom. The lowest BCUT2D eigenvalue weighted by atomic mass is 9.79. The van der Waals surface area contributed by atoms with E-state index in [1.165, 1.54) is 5.56 Å². The number of benzene rings is 2. The van der Waals surface area contributed by atoms with Crippen LogP contribution in [0.15, 0.2) is 75.4 Å². The summed E-state index contributed by atoms with van der Waals surface area (Å²) in [7, 11) is 0. The molecular weight excluding hydrogens is 363 g/mol. The van der Waals surface area contributed by atoms with Crippen LogP contribution in [0.5, 0.6) is 0 Å². The number of halogens is 2. The number of allylic oxidation sites excluding steroid dienone is 3. The van der Waals surface area contributed by atoms with E-state index in [1.54, 1.807) is 0 Å². The molecule has 0 fully saturated rings. The summed E-state index contributed by atoms with van der Waals surface area (Å²) in [6.07, 6.45) is 1.82. The second kappa shape index (κ2) is 7.30. The number of nitrogens with zero attached hydrogens (tertiary/aromatic N) is 1. The molecule has 2 nitrogen and oxygen atoms in total. The van der Waals surface area contributed by atoms with Gasteiger partial charge < -0.3 is 5.32 Å². The third kappa shape index (κ3) is 3.32. The minimum atomic E-state index is -0.182. The van der Waals surface area contributed by atoms with Gasteiger partial charge >= 0.3 is 0 Å². The maximum absolute atomic E-state index is 6.33. The largest absolute Gasteiger partial charge is 0.352 e. The SMILES string of the molecule is C/C=C(Cl)\C(Nc1cccc2c1N=C(c1ccccc1)C2(C)C)=C(/C)Cl. The van der Waals surface area contributed by atoms with Crippen molar-refractivity contribution in [3.8, 4) is 0 Å². The van der Waals surface area contributed by atoms with Crippen molar-refractivity contribution < 1.29 is 0 Å². The second-order valence-corrected chi connectivity index (χ2v) is 7.80. The molecule has 0 saturated carbocycles. The van der Waals surface area contributed by atoms with Gasteiger partial charge in [0.05, 0.1) is 27.8 Å². The molecule has 2 aromatic carbocycles. The molecule has 26 heavy (non-hydrogen) atoms. The monoisotopic (exact) mass is 384 g/mol. The topological polar surface area (TPSA) is 24.4 Å². The first kappa shape index (κ1) is 18.8. The molecule has 2 aromatic rings. The first-order valence-electron chi connectivity index (χ1n) is 8.60. The van der Waals surface area contributed by atoms with Crippen molar-refractivity contribution in [1.29, 1.82) is 0 Å². The molecule has 1 N–H and O–H groups in total. The quantitative estimate of drug-likeness (QED) is 0.557. The fourth-order valence-electron chi connectivity index (χ4n) is 3.26. The standard InChI is InChI=1S/C22H22Cl2N2/c1-5-17(24)19(14(2)23)25-18-13-9-12-16-20(18)26-21(22(16,3)4)15-10-7-6-8-11-15/h5-13,25H,1-4H3/b17-5+,19-14-. The van der Waals surface area contributed by atoms with Crippen LogP contribution < -0.4 is 5.32 Å². The summed E-state index contributed by atoms with van der Waals surface area (Å²) in [6, 6.07) is 16.5. The van der Waals surface area contributed by atoms with Gasteiger partial charge in [0, 0.05) is 10.4 Å². The summed E-state index contributed by atoms with van der Waals surface area (Å²) < 4.78 is 0. The van der Waals surface area contributed by atoms with Gasteiger partial charge in [-0.25, -0.2) is 4.99 Å². The maximum Gasteiger partial charge on any atom is 0.0909 e. The van der Waals surface area contributed by atoms with Crippen molar-refractivity contribution in [2.24, 2.45) is 4.99 Å². The highest BCUT2D eigenvalue weighted by Gasteiger charge is 2.36. The van der Waals surface area contributed by atoms with E-state index in [2.05, 4.69) is 37.4 Å². The molecular formula is C22H22Cl2N2. The Labute approximate surface area is 165 Å². The molecule has 0 unspecified atom stereocenters. The van der Waals surface area contributed by atoms with E-state index in [0.717, 1.165) is 22.6 Å². The van der Waals surface area contributed by atoms with Crippen LogP contribution in [0.3, 0.4) is 0 Å². The number of hydrogen-bond donors (Lipinski definition) is 1. The predicted molar refractivity (Wildman–Crippen MR) is 114 cm³/mol. The van der Waals surface area contributed by atoms with Gasteiger partial charge in [-0.3, -0.25) is 0 Å². The number of para-hydroxylation sites is 1. The number of nitrogens with one attached hydrogen (secondary N) is 1. The molecule has 0 saturated heterocycles. The number of fused-ring (bicyclic) bond motifs is 1. The van der Waals surface area contributed by atoms with Crippen LogP contribution in [-0.4, -0.2) is 5.71 Å². The Morgan fingerprint density at radius 2 is 1.73 bits per heavy atom. The fraction of sp³-hybridized carbons (Fsp3) is 0.227. The van der Waals surface area contributed by atoms with Crippen LogP contribution in [-0.2, 0) is 5.41 Å². The lowest BCUT2D eigenvalue weighted by molar-refractivity contribution is 0.737. The zero-order chi connectivity index (χ0) is 18.9. The van der Waals surface area contributed by atoms with E-state index in [4.69, 9.17) is 28.2 Å². The summed E-state index contributed by atoms with van der Waals surface area (Å²) >= 11 is 12.6. The summed E-state index contributed by atoms with van der Waals surface area (Å²) in [6.45, 7) is 8.11. The summed E-state index contributed by atoms with van der Waals surface area (Å²) in [5.41, 5.74) is 5.74. The van der Waals surface area contributed by atoms with Gasteiger partial charge in [-0.15, -0.1) is 0 Å². The molecule has 0 radical (unpaired) electrons. The predicted octanol–water partition coefficient (Wildman–Crippen LogP) is 7.12. The average Bonchev–Trinajstić information content (AvgIpc) is 2.91. The van der Waals surface area contributed by atoms with E-state index >= 15 is 0 Å². The van der Waals surface area contributed by atoms with E-state index in [1.807, 2.05) is 50.3 Å². The Morgan fingerprint density at radius 1 is 1.04 bits per heavy atom. The average molecular weight is 385 g/mol. The van der Waals surface area contributed by atoms with Crippen molar-refractivity contribution >= 4 is 40.3 Å². The van der Waals surface area contributed by atoms with E-state index in [0.29, 0.717) is 15.8 Å². The molecule has 0 spiro atoms. The molecule has 1 aliphatic heterocycles. The number of hydrogen-bond acceptors (Lipinski definition) is 2. The van der Waals surface area contributed by atoms with Crippen LogP contribution in [0.1, 0.15) is 38.8 Å². The minimum absolute atomic E-state index is 0.182. The number of aliphatic imine (C=N–C) groups is 1. The van der Waals surface area contributed by atoms with Gasteiger partial charge in [-0.1, -0.05) is 85.6 Å². The Kier molecular flexibility index (Phi) is 5.27. The van der Waals surface area contributed by atoms with Gasteiger partial charge in [0.15, 0.2) is 0 Å². The first-order valence-corrected chi connectivity index (χ1v) is 9.35. The maximum atomic E-state index is 6.33. The van der Waals surface area contributed by atoms with E-state index < -0.39 is 0 Å². The van der Waals surface area contributed by atoms with Gasteiger partial charge in [0.25, 0.3) is 0 Å². The lowest BCUT2D eigenvalue weighted by Gasteiger charge is -2.23. The van der Waals surface area contributed by atoms with Crippen molar-refractivity contribution in [2.45, 2.75) is 33.1 Å². The van der Waals surface area contributed by atoms with E-state index in [9.17, 15) is 0 Å². The highest BCUT2D eigenvalue weighted by atomic mass is 35.5. The fourth-order valence-corrected chi connectivity index (χ4v) is 3.65. The Hall–Kier alpha value is -2.03. The van der Waals surface area contributed by atoms with Crippen LogP contribution >= 0.6 is 23.2 Å². The number of rotatable bonds is 4. The van der Waals surface area contributed by atoms with Gasteiger partial charge in [0.1, 0.15) is 0 Å². The zero-order valence-electron chi connectivity index (χ0n) is 15.4. The second-order valence-electron chi connectivity index (χ2n) is 6.82. The van der Waals surface area contributed by atoms with Crippen molar-refractivity contribution in [1.82, 2.24) is 0 Å². The Balaban J connectivity index is 2.11. The van der Waals surface area contributed by atoms with Crippen molar-refractivity contribution in [3.63, 3.8) is 0 Å². The van der Waals surface area contributed by atoms with Crippen LogP contribution in [0.25, 0.3) is 0 Å². The molecule has 1 heterocycles. The van der Waals surface area contributed by atoms with Crippen molar-refractivity contribution in [3.05, 3.63) is 81.5 Å². The number of anilines is 1. The smallest absolute Gasteiger partial charge is 0.0909 e. The lowest BCUT2D eigenvalue weighted by Crippen LogP contribution is -2.26. The Bertz CT molecular complexity index is 918. The molecule has 0 bridgehead atoms. The van der Waals surface area contributed by atoms with Gasteiger partial charge in [0.2, 0.25) is 0 Å². The summed E-state index contributed by atoms with van der Waals surface area (Å²) in [5, 5.41) is 4.57. The molecule has 0 amide bonds. The van der Waals surface area contributed by atoms with Crippen molar-refractivity contribution in [2.75, 3.05) is 5.32 Å². The van der Waals surface area contributed by atoms with Crippen LogP contribution in [0, 0.1) is 0 Å². The van der Waals surface area contributed by atoms with E-state index in [-0.39, 0.29) is 5.41 Å².